The zero-order valence-corrected chi connectivity index (χ0v) is 30.6. The van der Waals surface area contributed by atoms with Crippen molar-refractivity contribution in [1.82, 2.24) is 10.2 Å². The van der Waals surface area contributed by atoms with Gasteiger partial charge >= 0.3 is 0 Å². The van der Waals surface area contributed by atoms with Crippen LogP contribution in [0.25, 0.3) is 0 Å². The molecule has 1 aliphatic rings. The molecule has 2 amide bonds. The third-order valence-electron chi connectivity index (χ3n) is 8.90. The number of nitro benzene ring substituents is 1. The number of nitrogens with zero attached hydrogens (tertiary/aromatic N) is 2. The molecule has 0 unspecified atom stereocenters. The van der Waals surface area contributed by atoms with Crippen LogP contribution in [0, 0.1) is 15.5 Å². The maximum atomic E-state index is 14.7. The lowest BCUT2D eigenvalue weighted by atomic mass is 9.81. The van der Waals surface area contributed by atoms with Crippen LogP contribution in [0.1, 0.15) is 68.1 Å². The second kappa shape index (κ2) is 17.1. The van der Waals surface area contributed by atoms with Crippen LogP contribution in [-0.2, 0) is 38.8 Å². The SMILES string of the molecule is CC(C)(C)CC(C)(C)NC(=O)[C@H]1[C@@H](OCc2ccccc2)[C@@H](OCc2ccccc2)[C@@H](COCc2ccccc2)N1C(=O)c1ccc([N+](=O)[O-])cc1. The molecule has 0 aliphatic carbocycles. The molecule has 0 aromatic heterocycles. The van der Waals surface area contributed by atoms with Gasteiger partial charge in [0.15, 0.2) is 0 Å². The van der Waals surface area contributed by atoms with Crippen molar-refractivity contribution in [3.63, 3.8) is 0 Å². The number of amides is 2. The van der Waals surface area contributed by atoms with Gasteiger partial charge in [0.25, 0.3) is 11.6 Å². The molecule has 0 spiro atoms. The van der Waals surface area contributed by atoms with E-state index in [4.69, 9.17) is 14.2 Å². The zero-order valence-electron chi connectivity index (χ0n) is 30.6. The van der Waals surface area contributed by atoms with Gasteiger partial charge in [-0.3, -0.25) is 19.7 Å². The van der Waals surface area contributed by atoms with E-state index >= 15 is 0 Å². The number of nitro groups is 1. The number of carbonyl (C=O) groups excluding carboxylic acids is 2. The Balaban J connectivity index is 1.59. The van der Waals surface area contributed by atoms with Crippen LogP contribution in [0.2, 0.25) is 0 Å². The quantitative estimate of drug-likeness (QED) is 0.100. The predicted octanol–water partition coefficient (Wildman–Crippen LogP) is 7.51. The Morgan fingerprint density at radius 1 is 0.712 bits per heavy atom. The van der Waals surface area contributed by atoms with Gasteiger partial charge in [0.2, 0.25) is 5.91 Å². The number of rotatable bonds is 15. The average Bonchev–Trinajstić information content (AvgIpc) is 3.42. The van der Waals surface area contributed by atoms with E-state index in [-0.39, 0.29) is 49.0 Å². The van der Waals surface area contributed by atoms with Crippen molar-refractivity contribution in [3.8, 4) is 0 Å². The maximum absolute atomic E-state index is 14.7. The summed E-state index contributed by atoms with van der Waals surface area (Å²) >= 11 is 0. The summed E-state index contributed by atoms with van der Waals surface area (Å²) in [6, 6.07) is 32.5. The maximum Gasteiger partial charge on any atom is 0.269 e. The molecule has 4 aromatic rings. The van der Waals surface area contributed by atoms with Crippen molar-refractivity contribution < 1.29 is 28.7 Å². The van der Waals surface area contributed by atoms with E-state index in [1.165, 1.54) is 29.2 Å². The molecule has 0 bridgehead atoms. The third kappa shape index (κ3) is 10.3. The van der Waals surface area contributed by atoms with Crippen LogP contribution in [-0.4, -0.2) is 58.1 Å². The summed E-state index contributed by atoms with van der Waals surface area (Å²) in [6.45, 7) is 11.0. The van der Waals surface area contributed by atoms with Gasteiger partial charge in [-0.1, -0.05) is 112 Å². The standard InChI is InChI=1S/C42H49N3O7/c1-41(2,3)29-42(4,5)43-39(46)36-38(52-27-32-19-13-8-14-20-32)37(51-26-31-17-11-7-12-18-31)35(28-50-25-30-15-9-6-10-16-30)44(36)40(47)33-21-23-34(24-22-33)45(48)49/h6-24,35-38H,25-29H2,1-5H3,(H,43,46)/t35-,36-,37+,38-/m1/s1. The molecule has 1 heterocycles. The predicted molar refractivity (Wildman–Crippen MR) is 199 cm³/mol. The molecule has 52 heavy (non-hydrogen) atoms. The summed E-state index contributed by atoms with van der Waals surface area (Å²) < 4.78 is 19.7. The van der Waals surface area contributed by atoms with Crippen LogP contribution >= 0.6 is 0 Å². The summed E-state index contributed by atoms with van der Waals surface area (Å²) in [5.74, 6) is -0.877. The molecule has 0 saturated carbocycles. The number of hydrogen-bond acceptors (Lipinski definition) is 7. The zero-order chi connectivity index (χ0) is 37.3. The Kier molecular flexibility index (Phi) is 12.6. The minimum absolute atomic E-state index is 0.0352. The summed E-state index contributed by atoms with van der Waals surface area (Å²) in [5, 5.41) is 14.7. The number of hydrogen-bond donors (Lipinski definition) is 1. The molecule has 4 atom stereocenters. The van der Waals surface area contributed by atoms with Crippen LogP contribution in [0.5, 0.6) is 0 Å². The van der Waals surface area contributed by atoms with Crippen molar-refractivity contribution in [2.75, 3.05) is 6.61 Å². The summed E-state index contributed by atoms with van der Waals surface area (Å²) in [6.07, 6.45) is -1.02. The van der Waals surface area contributed by atoms with Gasteiger partial charge in [-0.2, -0.15) is 0 Å². The molecule has 4 aromatic carbocycles. The highest BCUT2D eigenvalue weighted by atomic mass is 16.6. The van der Waals surface area contributed by atoms with Gasteiger partial charge < -0.3 is 24.4 Å². The number of benzene rings is 4. The number of carbonyl (C=O) groups is 2. The molecule has 10 heteroatoms. The Bertz CT molecular complexity index is 1760. The molecule has 5 rings (SSSR count). The van der Waals surface area contributed by atoms with Crippen molar-refractivity contribution in [2.45, 2.75) is 90.7 Å². The number of likely N-dealkylation sites (tertiary alicyclic amines) is 1. The topological polar surface area (TPSA) is 120 Å². The second-order valence-corrected chi connectivity index (χ2v) is 15.2. The highest BCUT2D eigenvalue weighted by molar-refractivity contribution is 5.99. The molecular weight excluding hydrogens is 658 g/mol. The lowest BCUT2D eigenvalue weighted by Crippen LogP contribution is -2.57. The molecule has 0 radical (unpaired) electrons. The minimum atomic E-state index is -1.13. The van der Waals surface area contributed by atoms with Gasteiger partial charge in [-0.25, -0.2) is 0 Å². The number of nitrogens with one attached hydrogen (secondary N) is 1. The van der Waals surface area contributed by atoms with Crippen molar-refractivity contribution >= 4 is 17.5 Å². The van der Waals surface area contributed by atoms with Crippen LogP contribution in [0.15, 0.2) is 115 Å². The molecule has 1 aliphatic heterocycles. The lowest BCUT2D eigenvalue weighted by Gasteiger charge is -2.36. The van der Waals surface area contributed by atoms with Crippen molar-refractivity contribution in [1.29, 1.82) is 0 Å². The summed E-state index contributed by atoms with van der Waals surface area (Å²) in [7, 11) is 0. The fourth-order valence-electron chi connectivity index (χ4n) is 7.10. The Morgan fingerprint density at radius 2 is 1.19 bits per heavy atom. The minimum Gasteiger partial charge on any atom is -0.375 e. The van der Waals surface area contributed by atoms with E-state index in [0.717, 1.165) is 16.7 Å². The molecule has 1 fully saturated rings. The van der Waals surface area contributed by atoms with Gasteiger partial charge in [-0.05, 0) is 54.5 Å². The Morgan fingerprint density at radius 3 is 1.67 bits per heavy atom. The van der Waals surface area contributed by atoms with E-state index in [0.29, 0.717) is 6.42 Å². The first kappa shape index (κ1) is 38.3. The highest BCUT2D eigenvalue weighted by Crippen LogP contribution is 2.35. The first-order chi connectivity index (χ1) is 24.8. The second-order valence-electron chi connectivity index (χ2n) is 15.2. The first-order valence-electron chi connectivity index (χ1n) is 17.6. The summed E-state index contributed by atoms with van der Waals surface area (Å²) in [5.41, 5.74) is 2.07. The van der Waals surface area contributed by atoms with Gasteiger partial charge in [0.05, 0.1) is 37.4 Å². The molecule has 1 saturated heterocycles. The van der Waals surface area contributed by atoms with Gasteiger partial charge in [0.1, 0.15) is 18.2 Å². The van der Waals surface area contributed by atoms with E-state index in [1.54, 1.807) is 0 Å². The highest BCUT2D eigenvalue weighted by Gasteiger charge is 2.56. The number of ether oxygens (including phenoxy) is 3. The Labute approximate surface area is 306 Å². The largest absolute Gasteiger partial charge is 0.375 e. The summed E-state index contributed by atoms with van der Waals surface area (Å²) in [4.78, 5) is 41.9. The van der Waals surface area contributed by atoms with Gasteiger partial charge in [0, 0.05) is 23.2 Å². The fraction of sp³-hybridized carbons (Fsp3) is 0.381. The van der Waals surface area contributed by atoms with E-state index < -0.39 is 40.7 Å². The third-order valence-corrected chi connectivity index (χ3v) is 8.90. The molecule has 274 valence electrons. The molecule has 10 nitrogen and oxygen atoms in total. The van der Waals surface area contributed by atoms with Crippen LogP contribution in [0.3, 0.4) is 0 Å². The average molecular weight is 708 g/mol. The lowest BCUT2D eigenvalue weighted by molar-refractivity contribution is -0.384. The van der Waals surface area contributed by atoms with Gasteiger partial charge in [-0.15, -0.1) is 0 Å². The van der Waals surface area contributed by atoms with E-state index in [9.17, 15) is 19.7 Å². The molecular formula is C42H49N3O7. The Hall–Kier alpha value is -4.90. The van der Waals surface area contributed by atoms with Crippen LogP contribution in [0.4, 0.5) is 5.69 Å². The van der Waals surface area contributed by atoms with E-state index in [1.807, 2.05) is 105 Å². The van der Waals surface area contributed by atoms with E-state index in [2.05, 4.69) is 26.1 Å². The normalized spacial score (nSPS) is 19.0. The van der Waals surface area contributed by atoms with Crippen molar-refractivity contribution in [2.24, 2.45) is 5.41 Å². The molecule has 1 N–H and O–H groups in total. The number of non-ortho nitro benzene ring substituents is 1. The first-order valence-corrected chi connectivity index (χ1v) is 17.6. The fourth-order valence-corrected chi connectivity index (χ4v) is 7.10. The van der Waals surface area contributed by atoms with Crippen molar-refractivity contribution in [3.05, 3.63) is 148 Å². The van der Waals surface area contributed by atoms with Crippen LogP contribution < -0.4 is 5.32 Å². The monoisotopic (exact) mass is 707 g/mol. The smallest absolute Gasteiger partial charge is 0.269 e.